The van der Waals surface area contributed by atoms with Crippen LogP contribution in [0.4, 0.5) is 0 Å². The minimum Gasteiger partial charge on any atom is -0.508 e. The van der Waals surface area contributed by atoms with E-state index in [0.717, 1.165) is 22.0 Å². The van der Waals surface area contributed by atoms with E-state index >= 15 is 0 Å². The first-order valence-electron chi connectivity index (χ1n) is 6.55. The highest BCUT2D eigenvalue weighted by Gasteiger charge is 2.21. The van der Waals surface area contributed by atoms with Gasteiger partial charge in [0.25, 0.3) is 0 Å². The molecule has 2 rings (SSSR count). The lowest BCUT2D eigenvalue weighted by Crippen LogP contribution is -2.32. The molecule has 0 saturated heterocycles. The Morgan fingerprint density at radius 3 is 2.33 bits per heavy atom. The van der Waals surface area contributed by atoms with Gasteiger partial charge in [0.15, 0.2) is 5.75 Å². The van der Waals surface area contributed by atoms with Gasteiger partial charge in [-0.1, -0.05) is 0 Å². The van der Waals surface area contributed by atoms with E-state index in [1.165, 1.54) is 0 Å². The van der Waals surface area contributed by atoms with Crippen LogP contribution in [0.2, 0.25) is 0 Å². The maximum Gasteiger partial charge on any atom is 0.321 e. The number of ether oxygens (including phenoxy) is 1. The van der Waals surface area contributed by atoms with Crippen LogP contribution in [0.25, 0.3) is 0 Å². The Balaban J connectivity index is 2.33. The normalized spacial score (nSPS) is 12.0. The molecule has 1 atom stereocenters. The fourth-order valence-corrected chi connectivity index (χ4v) is 5.02. The maximum atomic E-state index is 11.2. The van der Waals surface area contributed by atoms with Crippen LogP contribution in [0.15, 0.2) is 30.3 Å². The fraction of sp³-hybridized carbons (Fsp3) is 0.133. The molecule has 0 aliphatic carbocycles. The summed E-state index contributed by atoms with van der Waals surface area (Å²) >= 11 is 8.47. The summed E-state index contributed by atoms with van der Waals surface area (Å²) in [5.74, 6) is 0.659. The van der Waals surface area contributed by atoms with Crippen LogP contribution in [0.3, 0.4) is 0 Å². The number of aromatic hydroxyl groups is 1. The van der Waals surface area contributed by atoms with Gasteiger partial charge < -0.3 is 14.9 Å². The molecule has 2 aromatic carbocycles. The van der Waals surface area contributed by atoms with Crippen LogP contribution < -0.4 is 8.27 Å². The summed E-state index contributed by atoms with van der Waals surface area (Å²) < 4.78 is 11.5. The first-order valence-corrected chi connectivity index (χ1v) is 10.9. The van der Waals surface area contributed by atoms with Gasteiger partial charge in [-0.3, -0.25) is 4.79 Å². The zero-order valence-electron chi connectivity index (χ0n) is 11.9. The molecule has 0 heterocycles. The molecule has 0 spiro atoms. The van der Waals surface area contributed by atoms with Gasteiger partial charge in [-0.25, -0.2) is 3.53 Å². The van der Waals surface area contributed by atoms with Gasteiger partial charge in [0.2, 0.25) is 0 Å². The summed E-state index contributed by atoms with van der Waals surface area (Å²) in [7, 11) is 0. The van der Waals surface area contributed by atoms with Gasteiger partial charge >= 0.3 is 5.97 Å². The molecule has 0 bridgehead atoms. The van der Waals surface area contributed by atoms with Gasteiger partial charge in [0.1, 0.15) is 17.5 Å². The Morgan fingerprint density at radius 1 is 1.17 bits per heavy atom. The molecule has 3 N–H and O–H groups in total. The number of hydrogen-bond donors (Lipinski definition) is 3. The summed E-state index contributed by atoms with van der Waals surface area (Å²) in [5, 5.41) is 18.6. The Morgan fingerprint density at radius 2 is 1.79 bits per heavy atom. The number of carboxylic acid groups (broad SMARTS) is 1. The van der Waals surface area contributed by atoms with Gasteiger partial charge in [-0.05, 0) is 104 Å². The SMILES string of the molecule is O=C(O)C(Cc1cc(I)c(Oc2ccc(O)cc2)c(I)c1I)NI. The minimum absolute atomic E-state index is 0.183. The van der Waals surface area contributed by atoms with Crippen LogP contribution in [-0.2, 0) is 11.2 Å². The summed E-state index contributed by atoms with van der Waals surface area (Å²) in [4.78, 5) is 11.2. The van der Waals surface area contributed by atoms with Crippen molar-refractivity contribution in [3.63, 3.8) is 0 Å². The van der Waals surface area contributed by atoms with E-state index in [9.17, 15) is 15.0 Å². The Kier molecular flexibility index (Phi) is 8.07. The highest BCUT2D eigenvalue weighted by atomic mass is 127. The number of phenolic OH excluding ortho intramolecular Hbond substituents is 1. The highest BCUT2D eigenvalue weighted by molar-refractivity contribution is 14.1. The van der Waals surface area contributed by atoms with Gasteiger partial charge in [-0.15, -0.1) is 0 Å². The summed E-state index contributed by atoms with van der Waals surface area (Å²) in [5.41, 5.74) is 0.957. The monoisotopic (exact) mass is 777 g/mol. The number of aliphatic carboxylic acids is 1. The smallest absolute Gasteiger partial charge is 0.321 e. The number of benzene rings is 2. The second-order valence-electron chi connectivity index (χ2n) is 4.77. The molecule has 1 unspecified atom stereocenters. The lowest BCUT2D eigenvalue weighted by atomic mass is 10.1. The van der Waals surface area contributed by atoms with Crippen LogP contribution in [0.5, 0.6) is 17.2 Å². The van der Waals surface area contributed by atoms with Crippen LogP contribution in [0, 0.1) is 10.7 Å². The molecule has 24 heavy (non-hydrogen) atoms. The number of phenols is 1. The number of nitrogens with one attached hydrogen (secondary N) is 1. The van der Waals surface area contributed by atoms with E-state index in [-0.39, 0.29) is 5.75 Å². The van der Waals surface area contributed by atoms with E-state index in [1.54, 1.807) is 24.3 Å². The predicted molar refractivity (Wildman–Crippen MR) is 125 cm³/mol. The molecule has 0 aliphatic heterocycles. The third-order valence-electron chi connectivity index (χ3n) is 3.10. The van der Waals surface area contributed by atoms with Crippen LogP contribution in [0.1, 0.15) is 5.56 Å². The standard InChI is InChI=1S/C15H11I4NO4/c16-10-5-7(6-11(20-19)15(22)23)12(17)13(18)14(10)24-9-3-1-8(21)2-4-9/h1-5,11,20-21H,6H2,(H,22,23). The van der Waals surface area contributed by atoms with E-state index in [1.807, 2.05) is 28.9 Å². The van der Waals surface area contributed by atoms with E-state index in [2.05, 4.69) is 71.3 Å². The third-order valence-corrected chi connectivity index (χ3v) is 7.95. The largest absolute Gasteiger partial charge is 0.508 e. The Labute approximate surface area is 193 Å². The van der Waals surface area contributed by atoms with Crippen LogP contribution in [-0.4, -0.2) is 22.2 Å². The Bertz CT molecular complexity index is 752. The molecule has 0 fully saturated rings. The van der Waals surface area contributed by atoms with Crippen molar-refractivity contribution in [1.82, 2.24) is 3.53 Å². The lowest BCUT2D eigenvalue weighted by Gasteiger charge is -2.17. The molecule has 128 valence electrons. The topological polar surface area (TPSA) is 78.8 Å². The van der Waals surface area contributed by atoms with Crippen molar-refractivity contribution in [2.45, 2.75) is 12.5 Å². The third kappa shape index (κ3) is 5.20. The molecule has 0 aliphatic rings. The number of rotatable bonds is 6. The summed E-state index contributed by atoms with van der Waals surface area (Å²) in [6, 6.07) is 7.83. The average Bonchev–Trinajstić information content (AvgIpc) is 2.55. The zero-order valence-corrected chi connectivity index (χ0v) is 20.5. The molecule has 0 saturated carbocycles. The van der Waals surface area contributed by atoms with E-state index in [4.69, 9.17) is 4.74 Å². The quantitative estimate of drug-likeness (QED) is 0.221. The second kappa shape index (κ2) is 9.36. The van der Waals surface area contributed by atoms with Crippen molar-refractivity contribution in [2.24, 2.45) is 0 Å². The molecule has 0 aromatic heterocycles. The minimum atomic E-state index is -0.880. The predicted octanol–water partition coefficient (Wildman–Crippen LogP) is 4.93. The average molecular weight is 777 g/mol. The first-order chi connectivity index (χ1) is 11.3. The zero-order chi connectivity index (χ0) is 17.9. The van der Waals surface area contributed by atoms with E-state index < -0.39 is 12.0 Å². The molecule has 5 nitrogen and oxygen atoms in total. The molecule has 2 aromatic rings. The first kappa shape index (κ1) is 20.7. The molecule has 0 amide bonds. The number of carbonyl (C=O) groups is 1. The van der Waals surface area contributed by atoms with Crippen molar-refractivity contribution in [3.8, 4) is 17.2 Å². The number of halogens is 4. The molecular formula is C15H11I4NO4. The summed E-state index contributed by atoms with van der Waals surface area (Å²) in [6.07, 6.45) is 0.391. The lowest BCUT2D eigenvalue weighted by molar-refractivity contribution is -0.138. The summed E-state index contributed by atoms with van der Waals surface area (Å²) in [6.45, 7) is 0. The van der Waals surface area contributed by atoms with Crippen molar-refractivity contribution in [3.05, 3.63) is 46.6 Å². The van der Waals surface area contributed by atoms with Gasteiger partial charge in [-0.2, -0.15) is 0 Å². The molecule has 0 radical (unpaired) electrons. The van der Waals surface area contributed by atoms with Crippen molar-refractivity contribution >= 4 is 96.6 Å². The molecule has 9 heteroatoms. The van der Waals surface area contributed by atoms with Crippen molar-refractivity contribution < 1.29 is 19.7 Å². The van der Waals surface area contributed by atoms with Crippen molar-refractivity contribution in [1.29, 1.82) is 0 Å². The second-order valence-corrected chi connectivity index (χ2v) is 8.72. The highest BCUT2D eigenvalue weighted by Crippen LogP contribution is 2.37. The van der Waals surface area contributed by atoms with Gasteiger partial charge in [0.05, 0.1) is 7.14 Å². The Hall–Kier alpha value is 0.390. The number of hydrogen-bond acceptors (Lipinski definition) is 4. The van der Waals surface area contributed by atoms with Crippen molar-refractivity contribution in [2.75, 3.05) is 0 Å². The van der Waals surface area contributed by atoms with Gasteiger partial charge in [0, 0.05) is 32.9 Å². The van der Waals surface area contributed by atoms with E-state index in [0.29, 0.717) is 12.2 Å². The maximum absolute atomic E-state index is 11.2. The fourth-order valence-electron chi connectivity index (χ4n) is 1.89. The number of carboxylic acids is 1. The molecular weight excluding hydrogens is 766 g/mol. The van der Waals surface area contributed by atoms with Crippen LogP contribution >= 0.6 is 90.6 Å².